The van der Waals surface area contributed by atoms with Crippen LogP contribution in [0.15, 0.2) is 24.1 Å². The largest absolute Gasteiger partial charge is 0.454 e. The zero-order valence-electron chi connectivity index (χ0n) is 10.3. The van der Waals surface area contributed by atoms with E-state index >= 15 is 0 Å². The monoisotopic (exact) mass is 308 g/mol. The third kappa shape index (κ3) is 4.74. The summed E-state index contributed by atoms with van der Waals surface area (Å²) in [5, 5.41) is 0. The fourth-order valence-electron chi connectivity index (χ4n) is 1.08. The number of rotatable bonds is 0. The highest BCUT2D eigenvalue weighted by atomic mass is 19.3. The number of ether oxygens (including phenoxy) is 4. The fraction of sp³-hybridized carbons (Fsp3) is 0.600. The molecule has 10 heteroatoms. The standard InChI is InChI=1S/2C5H5F3O2/c2*1-5(8)2-9-4(10-5)3(6)7/h2*2H2,1H3. The van der Waals surface area contributed by atoms with Crippen LogP contribution in [0.2, 0.25) is 0 Å². The van der Waals surface area contributed by atoms with E-state index < -0.39 is 49.0 Å². The van der Waals surface area contributed by atoms with Crippen molar-refractivity contribution in [1.82, 2.24) is 0 Å². The van der Waals surface area contributed by atoms with Crippen LogP contribution in [0.3, 0.4) is 0 Å². The van der Waals surface area contributed by atoms with Gasteiger partial charge in [-0.3, -0.25) is 0 Å². The molecule has 2 aliphatic rings. The molecule has 116 valence electrons. The summed E-state index contributed by atoms with van der Waals surface area (Å²) in [5.41, 5.74) is 0. The first-order valence-electron chi connectivity index (χ1n) is 5.14. The summed E-state index contributed by atoms with van der Waals surface area (Å²) < 4.78 is 87.6. The van der Waals surface area contributed by atoms with Gasteiger partial charge in [0.2, 0.25) is 0 Å². The van der Waals surface area contributed by atoms with Crippen molar-refractivity contribution >= 4 is 0 Å². The molecule has 0 N–H and O–H groups in total. The van der Waals surface area contributed by atoms with Crippen LogP contribution in [0.4, 0.5) is 26.3 Å². The third-order valence-corrected chi connectivity index (χ3v) is 1.84. The molecule has 2 atom stereocenters. The Morgan fingerprint density at radius 2 is 1.10 bits per heavy atom. The minimum Gasteiger partial charge on any atom is -0.454 e. The summed E-state index contributed by atoms with van der Waals surface area (Å²) >= 11 is 0. The van der Waals surface area contributed by atoms with Crippen molar-refractivity contribution in [1.29, 1.82) is 0 Å². The lowest BCUT2D eigenvalue weighted by molar-refractivity contribution is -0.0586. The molecule has 0 radical (unpaired) electrons. The van der Waals surface area contributed by atoms with Crippen LogP contribution in [-0.4, -0.2) is 24.9 Å². The summed E-state index contributed by atoms with van der Waals surface area (Å²) in [6.45, 7) is 1.06. The van der Waals surface area contributed by atoms with Crippen LogP contribution in [0.5, 0.6) is 0 Å². The van der Waals surface area contributed by atoms with Crippen molar-refractivity contribution in [2.24, 2.45) is 0 Å². The minimum absolute atomic E-state index is 0.486. The van der Waals surface area contributed by atoms with Gasteiger partial charge in [-0.15, -0.1) is 0 Å². The first-order valence-corrected chi connectivity index (χ1v) is 5.14. The van der Waals surface area contributed by atoms with Crippen LogP contribution >= 0.6 is 0 Å². The lowest BCUT2D eigenvalue weighted by Crippen LogP contribution is -2.18. The van der Waals surface area contributed by atoms with Crippen molar-refractivity contribution in [3.63, 3.8) is 0 Å². The Labute approximate surface area is 109 Å². The molecular weight excluding hydrogens is 298 g/mol. The zero-order chi connectivity index (χ0) is 15.6. The van der Waals surface area contributed by atoms with Gasteiger partial charge in [0.1, 0.15) is 0 Å². The Hall–Kier alpha value is -1.74. The number of alkyl halides is 2. The van der Waals surface area contributed by atoms with Gasteiger partial charge in [0.05, 0.1) is 0 Å². The highest BCUT2D eigenvalue weighted by Gasteiger charge is 2.38. The van der Waals surface area contributed by atoms with Gasteiger partial charge in [-0.2, -0.15) is 26.3 Å². The van der Waals surface area contributed by atoms with E-state index in [0.29, 0.717) is 0 Å². The molecule has 0 aromatic carbocycles. The van der Waals surface area contributed by atoms with E-state index in [0.717, 1.165) is 13.8 Å². The van der Waals surface area contributed by atoms with Gasteiger partial charge in [-0.05, 0) is 0 Å². The lowest BCUT2D eigenvalue weighted by atomic mass is 10.4. The van der Waals surface area contributed by atoms with E-state index in [1.54, 1.807) is 0 Å². The Kier molecular flexibility index (Phi) is 4.66. The maximum Gasteiger partial charge on any atom is 0.350 e. The molecule has 2 rings (SSSR count). The van der Waals surface area contributed by atoms with E-state index in [2.05, 4.69) is 18.9 Å². The molecule has 0 aromatic rings. The molecule has 2 unspecified atom stereocenters. The molecule has 0 spiro atoms. The maximum absolute atomic E-state index is 12.5. The van der Waals surface area contributed by atoms with E-state index in [1.807, 2.05) is 0 Å². The van der Waals surface area contributed by atoms with Crippen molar-refractivity contribution in [3.8, 4) is 0 Å². The molecule has 20 heavy (non-hydrogen) atoms. The highest BCUT2D eigenvalue weighted by Crippen LogP contribution is 2.29. The first-order chi connectivity index (χ1) is 9.02. The van der Waals surface area contributed by atoms with E-state index in [4.69, 9.17) is 0 Å². The third-order valence-electron chi connectivity index (χ3n) is 1.84. The molecular formula is C10H10F6O4. The van der Waals surface area contributed by atoms with E-state index in [-0.39, 0.29) is 0 Å². The normalized spacial score (nSPS) is 31.4. The molecule has 2 saturated heterocycles. The van der Waals surface area contributed by atoms with Gasteiger partial charge in [0, 0.05) is 13.8 Å². The molecule has 4 nitrogen and oxygen atoms in total. The van der Waals surface area contributed by atoms with Gasteiger partial charge < -0.3 is 18.9 Å². The fourth-order valence-corrected chi connectivity index (χ4v) is 1.08. The molecule has 0 aliphatic carbocycles. The molecule has 0 aromatic heterocycles. The lowest BCUT2D eigenvalue weighted by Gasteiger charge is -2.06. The minimum atomic E-state index is -2.14. The quantitative estimate of drug-likeness (QED) is 0.641. The number of hydrogen-bond donors (Lipinski definition) is 0. The van der Waals surface area contributed by atoms with Crippen molar-refractivity contribution in [3.05, 3.63) is 24.1 Å². The first kappa shape index (κ1) is 16.3. The van der Waals surface area contributed by atoms with Gasteiger partial charge in [0.15, 0.2) is 13.2 Å². The van der Waals surface area contributed by atoms with Gasteiger partial charge in [0.25, 0.3) is 11.7 Å². The van der Waals surface area contributed by atoms with Crippen LogP contribution in [-0.2, 0) is 18.9 Å². The average Bonchev–Trinajstić information content (AvgIpc) is 2.82. The molecule has 0 amide bonds. The molecule has 2 aliphatic heterocycles. The van der Waals surface area contributed by atoms with Crippen LogP contribution in [0.25, 0.3) is 0 Å². The predicted octanol–water partition coefficient (Wildman–Crippen LogP) is 3.57. The SMILES string of the molecule is CC1(F)COC(=C(F)F)O1.CC1(F)COC(=C(F)F)O1. The predicted molar refractivity (Wildman–Crippen MR) is 51.6 cm³/mol. The van der Waals surface area contributed by atoms with Crippen molar-refractivity contribution in [2.75, 3.05) is 13.2 Å². The van der Waals surface area contributed by atoms with Crippen molar-refractivity contribution < 1.29 is 45.3 Å². The summed E-state index contributed by atoms with van der Waals surface area (Å²) in [4.78, 5) is 0. The number of hydrogen-bond acceptors (Lipinski definition) is 4. The molecule has 0 saturated carbocycles. The second kappa shape index (κ2) is 5.71. The summed E-state index contributed by atoms with van der Waals surface area (Å²) in [6, 6.07) is 0. The summed E-state index contributed by atoms with van der Waals surface area (Å²) in [7, 11) is 0. The average molecular weight is 308 g/mol. The Balaban J connectivity index is 0.000000200. The second-order valence-corrected chi connectivity index (χ2v) is 4.08. The summed E-state index contributed by atoms with van der Waals surface area (Å²) in [5.74, 6) is -6.24. The smallest absolute Gasteiger partial charge is 0.350 e. The zero-order valence-corrected chi connectivity index (χ0v) is 10.3. The van der Waals surface area contributed by atoms with Crippen LogP contribution in [0.1, 0.15) is 13.8 Å². The van der Waals surface area contributed by atoms with E-state index in [1.165, 1.54) is 0 Å². The maximum atomic E-state index is 12.5. The molecule has 2 fully saturated rings. The van der Waals surface area contributed by atoms with Crippen LogP contribution < -0.4 is 0 Å². The molecule has 0 bridgehead atoms. The van der Waals surface area contributed by atoms with Crippen molar-refractivity contribution in [2.45, 2.75) is 25.6 Å². The Bertz CT molecular complexity index is 383. The van der Waals surface area contributed by atoms with Gasteiger partial charge in [-0.1, -0.05) is 0 Å². The van der Waals surface area contributed by atoms with E-state index in [9.17, 15) is 26.3 Å². The molecule has 2 heterocycles. The van der Waals surface area contributed by atoms with Gasteiger partial charge in [-0.25, -0.2) is 0 Å². The Morgan fingerprint density at radius 3 is 1.20 bits per heavy atom. The van der Waals surface area contributed by atoms with Gasteiger partial charge >= 0.3 is 24.1 Å². The summed E-state index contributed by atoms with van der Waals surface area (Å²) in [6.07, 6.45) is -4.28. The highest BCUT2D eigenvalue weighted by molar-refractivity contribution is 4.91. The number of halogens is 6. The second-order valence-electron chi connectivity index (χ2n) is 4.08. The Morgan fingerprint density at radius 1 is 0.800 bits per heavy atom. The van der Waals surface area contributed by atoms with Crippen LogP contribution in [0, 0.1) is 0 Å². The topological polar surface area (TPSA) is 36.9 Å².